The van der Waals surface area contributed by atoms with Gasteiger partial charge < -0.3 is 21.1 Å². The topological polar surface area (TPSA) is 118 Å². The zero-order valence-electron chi connectivity index (χ0n) is 19.1. The van der Waals surface area contributed by atoms with E-state index in [1.807, 2.05) is 18.2 Å². The van der Waals surface area contributed by atoms with Crippen molar-refractivity contribution in [1.29, 1.82) is 0 Å². The Labute approximate surface area is 197 Å². The third-order valence-electron chi connectivity index (χ3n) is 7.42. The van der Waals surface area contributed by atoms with Gasteiger partial charge in [0.2, 0.25) is 11.8 Å². The molecule has 2 aliphatic carbocycles. The van der Waals surface area contributed by atoms with Crippen molar-refractivity contribution in [1.82, 2.24) is 10.9 Å². The van der Waals surface area contributed by atoms with Crippen LogP contribution in [0.4, 0.5) is 15.8 Å². The molecular weight excluding hydrogens is 437 g/mol. The number of fused-ring (bicyclic) bond motifs is 1. The average Bonchev–Trinajstić information content (AvgIpc) is 3.58. The molecule has 6 N–H and O–H groups in total. The van der Waals surface area contributed by atoms with E-state index in [1.54, 1.807) is 7.11 Å². The second kappa shape index (κ2) is 8.98. The number of amides is 2. The summed E-state index contributed by atoms with van der Waals surface area (Å²) in [5, 5.41) is 5.62. The van der Waals surface area contributed by atoms with Crippen LogP contribution in [0.15, 0.2) is 42.5 Å². The molecule has 2 aromatic carbocycles. The molecule has 2 saturated carbocycles. The third kappa shape index (κ3) is 4.15. The van der Waals surface area contributed by atoms with E-state index in [0.29, 0.717) is 36.0 Å². The molecule has 0 radical (unpaired) electrons. The molecule has 0 bridgehead atoms. The first-order chi connectivity index (χ1) is 16.4. The molecule has 1 aliphatic heterocycles. The highest BCUT2D eigenvalue weighted by Gasteiger charge is 2.56. The van der Waals surface area contributed by atoms with Gasteiger partial charge in [0.1, 0.15) is 17.0 Å². The summed E-state index contributed by atoms with van der Waals surface area (Å²) in [5.41, 5.74) is 13.8. The van der Waals surface area contributed by atoms with Crippen LogP contribution in [0.5, 0.6) is 5.75 Å². The highest BCUT2D eigenvalue weighted by atomic mass is 19.1. The lowest BCUT2D eigenvalue weighted by Gasteiger charge is -2.35. The van der Waals surface area contributed by atoms with Crippen molar-refractivity contribution in [2.45, 2.75) is 50.2 Å². The van der Waals surface area contributed by atoms with Crippen molar-refractivity contribution in [3.05, 3.63) is 53.8 Å². The smallest absolute Gasteiger partial charge is 0.240 e. The van der Waals surface area contributed by atoms with Gasteiger partial charge >= 0.3 is 0 Å². The van der Waals surface area contributed by atoms with E-state index in [1.165, 1.54) is 24.3 Å². The Morgan fingerprint density at radius 1 is 1.03 bits per heavy atom. The van der Waals surface area contributed by atoms with E-state index in [0.717, 1.165) is 24.8 Å². The number of hydrogen-bond acceptors (Lipinski definition) is 6. The number of methoxy groups -OCH3 is 1. The molecule has 1 heterocycles. The van der Waals surface area contributed by atoms with Gasteiger partial charge in [0.15, 0.2) is 0 Å². The molecule has 0 spiro atoms. The van der Waals surface area contributed by atoms with Crippen LogP contribution in [0, 0.1) is 17.2 Å². The highest BCUT2D eigenvalue weighted by Crippen LogP contribution is 2.48. The molecule has 1 saturated heterocycles. The van der Waals surface area contributed by atoms with Gasteiger partial charge in [-0.25, -0.2) is 9.82 Å². The van der Waals surface area contributed by atoms with Crippen molar-refractivity contribution in [3.8, 4) is 5.75 Å². The second-order valence-electron chi connectivity index (χ2n) is 9.49. The number of hydrogen-bond donors (Lipinski definition) is 5. The van der Waals surface area contributed by atoms with Crippen molar-refractivity contribution < 1.29 is 18.7 Å². The molecule has 180 valence electrons. The summed E-state index contributed by atoms with van der Waals surface area (Å²) in [7, 11) is 1.62. The molecule has 5 rings (SSSR count). The van der Waals surface area contributed by atoms with Gasteiger partial charge in [-0.1, -0.05) is 12.5 Å². The van der Waals surface area contributed by atoms with Crippen molar-refractivity contribution in [2.75, 3.05) is 17.7 Å². The van der Waals surface area contributed by atoms with Crippen molar-refractivity contribution >= 4 is 23.2 Å². The predicted molar refractivity (Wildman–Crippen MR) is 126 cm³/mol. The molecule has 34 heavy (non-hydrogen) atoms. The number of ether oxygens (including phenoxy) is 1. The minimum absolute atomic E-state index is 0.131. The first-order valence-corrected chi connectivity index (χ1v) is 11.7. The summed E-state index contributed by atoms with van der Waals surface area (Å²) >= 11 is 0. The Morgan fingerprint density at radius 2 is 1.71 bits per heavy atom. The van der Waals surface area contributed by atoms with E-state index < -0.39 is 5.41 Å². The van der Waals surface area contributed by atoms with Crippen LogP contribution in [-0.4, -0.2) is 31.1 Å². The third-order valence-corrected chi connectivity index (χ3v) is 7.42. The zero-order valence-corrected chi connectivity index (χ0v) is 19.1. The second-order valence-corrected chi connectivity index (χ2v) is 9.49. The molecule has 4 atom stereocenters. The SMILES string of the molecule is COc1cc(NC(=O)C2(C(=O)Nc3ccc(F)cc3)CC2)ccc1C1CCCC2NNC(N)C21. The van der Waals surface area contributed by atoms with Gasteiger partial charge in [-0.2, -0.15) is 0 Å². The average molecular weight is 468 g/mol. The standard InChI is InChI=1S/C25H30FN5O3/c1-34-20-13-16(9-10-17(20)18-3-2-4-19-21(18)22(27)31-30-19)29-24(33)25(11-12-25)23(32)28-15-7-5-14(26)6-8-15/h5-10,13,18-19,21-22,30-31H,2-4,11-12,27H2,1H3,(H,28,32)(H,29,33). The first kappa shape index (κ1) is 22.8. The number of rotatable bonds is 6. The summed E-state index contributed by atoms with van der Waals surface area (Å²) in [6, 6.07) is 11.5. The fourth-order valence-corrected chi connectivity index (χ4v) is 5.37. The summed E-state index contributed by atoms with van der Waals surface area (Å²) in [6.45, 7) is 0. The number of benzene rings is 2. The van der Waals surface area contributed by atoms with E-state index in [-0.39, 0.29) is 35.6 Å². The lowest BCUT2D eigenvalue weighted by Crippen LogP contribution is -2.41. The highest BCUT2D eigenvalue weighted by molar-refractivity contribution is 6.16. The number of anilines is 2. The maximum atomic E-state index is 13.1. The van der Waals surface area contributed by atoms with E-state index in [9.17, 15) is 14.0 Å². The molecular formula is C25H30FN5O3. The number of nitrogens with one attached hydrogen (secondary N) is 4. The molecule has 2 amide bonds. The molecule has 3 fully saturated rings. The van der Waals surface area contributed by atoms with E-state index in [4.69, 9.17) is 10.5 Å². The maximum Gasteiger partial charge on any atom is 0.240 e. The molecule has 0 aromatic heterocycles. The summed E-state index contributed by atoms with van der Waals surface area (Å²) in [5.74, 6) is 0.0679. The van der Waals surface area contributed by atoms with Gasteiger partial charge in [0, 0.05) is 29.4 Å². The van der Waals surface area contributed by atoms with Gasteiger partial charge in [0.05, 0.1) is 13.3 Å². The van der Waals surface area contributed by atoms with Crippen LogP contribution in [0.2, 0.25) is 0 Å². The fraction of sp³-hybridized carbons (Fsp3) is 0.440. The maximum absolute atomic E-state index is 13.1. The Balaban J connectivity index is 1.30. The lowest BCUT2D eigenvalue weighted by molar-refractivity contribution is -0.131. The first-order valence-electron chi connectivity index (χ1n) is 11.7. The number of nitrogens with two attached hydrogens (primary N) is 1. The quantitative estimate of drug-likeness (QED) is 0.417. The Bertz CT molecular complexity index is 1090. The Kier molecular flexibility index (Phi) is 6.01. The Morgan fingerprint density at radius 3 is 2.38 bits per heavy atom. The number of halogens is 1. The molecule has 4 unspecified atom stereocenters. The largest absolute Gasteiger partial charge is 0.496 e. The van der Waals surface area contributed by atoms with Crippen LogP contribution in [0.1, 0.15) is 43.6 Å². The molecule has 2 aromatic rings. The number of carbonyl (C=O) groups is 2. The van der Waals surface area contributed by atoms with Crippen molar-refractivity contribution in [3.63, 3.8) is 0 Å². The van der Waals surface area contributed by atoms with Crippen LogP contribution in [-0.2, 0) is 9.59 Å². The lowest BCUT2D eigenvalue weighted by atomic mass is 9.72. The molecule has 8 nitrogen and oxygen atoms in total. The summed E-state index contributed by atoms with van der Waals surface area (Å²) in [6.07, 6.45) is 4.00. The van der Waals surface area contributed by atoms with Crippen LogP contribution < -0.4 is 32.0 Å². The van der Waals surface area contributed by atoms with Crippen LogP contribution in [0.25, 0.3) is 0 Å². The summed E-state index contributed by atoms with van der Waals surface area (Å²) < 4.78 is 18.8. The van der Waals surface area contributed by atoms with Crippen molar-refractivity contribution in [2.24, 2.45) is 17.1 Å². The zero-order chi connectivity index (χ0) is 23.9. The minimum Gasteiger partial charge on any atom is -0.496 e. The van der Waals surface area contributed by atoms with Gasteiger partial charge in [-0.15, -0.1) is 0 Å². The van der Waals surface area contributed by atoms with Gasteiger partial charge in [-0.05, 0) is 67.5 Å². The van der Waals surface area contributed by atoms with Crippen LogP contribution in [0.3, 0.4) is 0 Å². The number of hydrazine groups is 1. The van der Waals surface area contributed by atoms with Gasteiger partial charge in [0.25, 0.3) is 0 Å². The normalized spacial score (nSPS) is 26.9. The van der Waals surface area contributed by atoms with E-state index >= 15 is 0 Å². The number of carbonyl (C=O) groups excluding carboxylic acids is 2. The fourth-order valence-electron chi connectivity index (χ4n) is 5.37. The summed E-state index contributed by atoms with van der Waals surface area (Å²) in [4.78, 5) is 25.9. The van der Waals surface area contributed by atoms with E-state index in [2.05, 4.69) is 21.5 Å². The van der Waals surface area contributed by atoms with Crippen LogP contribution >= 0.6 is 0 Å². The minimum atomic E-state index is -1.12. The monoisotopic (exact) mass is 467 g/mol. The molecule has 9 heteroatoms. The predicted octanol–water partition coefficient (Wildman–Crippen LogP) is 2.84. The van der Waals surface area contributed by atoms with Gasteiger partial charge in [-0.3, -0.25) is 15.0 Å². The molecule has 3 aliphatic rings. The Hall–Kier alpha value is -3.01.